The summed E-state index contributed by atoms with van der Waals surface area (Å²) in [7, 11) is 0. The van der Waals surface area contributed by atoms with E-state index in [1.807, 2.05) is 0 Å². The second kappa shape index (κ2) is 3.86. The molecule has 0 fully saturated rings. The molecule has 0 saturated carbocycles. The van der Waals surface area contributed by atoms with Crippen molar-refractivity contribution < 1.29 is 13.9 Å². The quantitative estimate of drug-likeness (QED) is 0.668. The number of halogens is 1. The molecule has 0 radical (unpaired) electrons. The number of nitrogens with two attached hydrogens (primary N) is 1. The highest BCUT2D eigenvalue weighted by Crippen LogP contribution is 2.26. The topological polar surface area (TPSA) is 64.3 Å². The van der Waals surface area contributed by atoms with Crippen LogP contribution in [0.5, 0.6) is 5.75 Å². The van der Waals surface area contributed by atoms with Crippen LogP contribution >= 0.6 is 0 Å². The molecule has 2 rings (SSSR count). The van der Waals surface area contributed by atoms with Crippen LogP contribution in [-0.2, 0) is 4.79 Å². The first-order valence-electron chi connectivity index (χ1n) is 4.65. The van der Waals surface area contributed by atoms with Gasteiger partial charge in [0.2, 0.25) is 5.91 Å². The van der Waals surface area contributed by atoms with E-state index in [1.54, 1.807) is 0 Å². The molecule has 0 bridgehead atoms. The predicted octanol–water partition coefficient (Wildman–Crippen LogP) is 0.874. The SMILES string of the molecule is NC1CCOc2ccc(F)cc2NC1=O. The van der Waals surface area contributed by atoms with Gasteiger partial charge >= 0.3 is 0 Å². The number of carbonyl (C=O) groups is 1. The summed E-state index contributed by atoms with van der Waals surface area (Å²) in [6.45, 7) is 0.354. The Morgan fingerprint density at radius 2 is 2.33 bits per heavy atom. The van der Waals surface area contributed by atoms with Crippen LogP contribution in [0.3, 0.4) is 0 Å². The van der Waals surface area contributed by atoms with Crippen LogP contribution in [0.2, 0.25) is 0 Å². The number of benzene rings is 1. The van der Waals surface area contributed by atoms with Crippen molar-refractivity contribution in [2.75, 3.05) is 11.9 Å². The van der Waals surface area contributed by atoms with Gasteiger partial charge in [0, 0.05) is 12.5 Å². The molecule has 1 atom stereocenters. The van der Waals surface area contributed by atoms with Crippen LogP contribution < -0.4 is 15.8 Å². The van der Waals surface area contributed by atoms with E-state index in [0.717, 1.165) is 0 Å². The molecule has 0 aliphatic carbocycles. The highest BCUT2D eigenvalue weighted by atomic mass is 19.1. The molecule has 15 heavy (non-hydrogen) atoms. The van der Waals surface area contributed by atoms with E-state index in [4.69, 9.17) is 10.5 Å². The zero-order valence-corrected chi connectivity index (χ0v) is 8.00. The van der Waals surface area contributed by atoms with Crippen LogP contribution in [0.4, 0.5) is 10.1 Å². The molecule has 0 saturated heterocycles. The standard InChI is InChI=1S/C10H11FN2O2/c11-6-1-2-9-8(5-6)13-10(14)7(12)3-4-15-9/h1-2,5,7H,3-4,12H2,(H,13,14). The molecule has 3 N–H and O–H groups in total. The molecule has 0 aromatic heterocycles. The first-order chi connectivity index (χ1) is 7.16. The van der Waals surface area contributed by atoms with Gasteiger partial charge in [-0.15, -0.1) is 0 Å². The van der Waals surface area contributed by atoms with Crippen molar-refractivity contribution >= 4 is 11.6 Å². The van der Waals surface area contributed by atoms with Crippen molar-refractivity contribution in [1.29, 1.82) is 0 Å². The van der Waals surface area contributed by atoms with Gasteiger partial charge in [0.05, 0.1) is 18.3 Å². The number of rotatable bonds is 0. The second-order valence-electron chi connectivity index (χ2n) is 3.37. The zero-order chi connectivity index (χ0) is 10.8. The lowest BCUT2D eigenvalue weighted by molar-refractivity contribution is -0.117. The number of amides is 1. The normalized spacial score (nSPS) is 20.7. The first kappa shape index (κ1) is 9.92. The maximum absolute atomic E-state index is 12.9. The van der Waals surface area contributed by atoms with Crippen molar-refractivity contribution in [3.8, 4) is 5.75 Å². The maximum atomic E-state index is 12.9. The summed E-state index contributed by atoms with van der Waals surface area (Å²) >= 11 is 0. The Labute approximate surface area is 86.2 Å². The average Bonchev–Trinajstić information content (AvgIpc) is 2.19. The Morgan fingerprint density at radius 3 is 3.13 bits per heavy atom. The van der Waals surface area contributed by atoms with Crippen molar-refractivity contribution in [1.82, 2.24) is 0 Å². The molecule has 0 spiro atoms. The summed E-state index contributed by atoms with van der Waals surface area (Å²) < 4.78 is 18.3. The maximum Gasteiger partial charge on any atom is 0.241 e. The Kier molecular flexibility index (Phi) is 2.55. The molecule has 5 heteroatoms. The molecule has 1 amide bonds. The van der Waals surface area contributed by atoms with E-state index in [-0.39, 0.29) is 5.91 Å². The monoisotopic (exact) mass is 210 g/mol. The van der Waals surface area contributed by atoms with E-state index in [9.17, 15) is 9.18 Å². The van der Waals surface area contributed by atoms with Gasteiger partial charge in [0.1, 0.15) is 11.6 Å². The van der Waals surface area contributed by atoms with E-state index >= 15 is 0 Å². The van der Waals surface area contributed by atoms with E-state index in [1.165, 1.54) is 18.2 Å². The fraction of sp³-hybridized carbons (Fsp3) is 0.300. The van der Waals surface area contributed by atoms with Crippen molar-refractivity contribution in [2.45, 2.75) is 12.5 Å². The van der Waals surface area contributed by atoms with Crippen LogP contribution in [0.15, 0.2) is 18.2 Å². The first-order valence-corrected chi connectivity index (χ1v) is 4.65. The fourth-order valence-corrected chi connectivity index (χ4v) is 1.38. The Balaban J connectivity index is 2.34. The number of anilines is 1. The number of hydrogen-bond donors (Lipinski definition) is 2. The Morgan fingerprint density at radius 1 is 1.53 bits per heavy atom. The van der Waals surface area contributed by atoms with E-state index in [0.29, 0.717) is 24.5 Å². The van der Waals surface area contributed by atoms with Crippen LogP contribution in [0.1, 0.15) is 6.42 Å². The van der Waals surface area contributed by atoms with Gasteiger partial charge in [-0.3, -0.25) is 4.79 Å². The molecule has 1 heterocycles. The minimum Gasteiger partial charge on any atom is -0.491 e. The van der Waals surface area contributed by atoms with Crippen molar-refractivity contribution in [3.05, 3.63) is 24.0 Å². The van der Waals surface area contributed by atoms with Crippen LogP contribution in [-0.4, -0.2) is 18.6 Å². The smallest absolute Gasteiger partial charge is 0.241 e. The van der Waals surface area contributed by atoms with Gasteiger partial charge < -0.3 is 15.8 Å². The number of hydrogen-bond acceptors (Lipinski definition) is 3. The number of nitrogens with one attached hydrogen (secondary N) is 1. The lowest BCUT2D eigenvalue weighted by atomic mass is 10.2. The molecule has 1 aromatic carbocycles. The summed E-state index contributed by atoms with van der Waals surface area (Å²) in [5.74, 6) is -0.270. The Bertz CT molecular complexity index is 395. The minimum absolute atomic E-state index is 0.315. The molecule has 1 aromatic rings. The summed E-state index contributed by atoms with van der Waals surface area (Å²) in [4.78, 5) is 11.4. The van der Waals surface area contributed by atoms with E-state index in [2.05, 4.69) is 5.32 Å². The van der Waals surface area contributed by atoms with Crippen molar-refractivity contribution in [3.63, 3.8) is 0 Å². The molecule has 4 nitrogen and oxygen atoms in total. The number of carbonyl (C=O) groups excluding carboxylic acids is 1. The van der Waals surface area contributed by atoms with Crippen molar-refractivity contribution in [2.24, 2.45) is 5.73 Å². The summed E-state index contributed by atoms with van der Waals surface area (Å²) in [5.41, 5.74) is 5.89. The molecular weight excluding hydrogens is 199 g/mol. The van der Waals surface area contributed by atoms with Gasteiger partial charge in [-0.25, -0.2) is 4.39 Å². The molecular formula is C10H11FN2O2. The Hall–Kier alpha value is -1.62. The third-order valence-electron chi connectivity index (χ3n) is 2.22. The molecule has 1 aliphatic rings. The summed E-state index contributed by atoms with van der Waals surface area (Å²) in [6.07, 6.45) is 0.447. The third-order valence-corrected chi connectivity index (χ3v) is 2.22. The lowest BCUT2D eigenvalue weighted by Gasteiger charge is -2.19. The van der Waals surface area contributed by atoms with E-state index < -0.39 is 11.9 Å². The van der Waals surface area contributed by atoms with Gasteiger partial charge in [0.25, 0.3) is 0 Å². The highest BCUT2D eigenvalue weighted by Gasteiger charge is 2.19. The van der Waals surface area contributed by atoms with Gasteiger partial charge in [0.15, 0.2) is 0 Å². The second-order valence-corrected chi connectivity index (χ2v) is 3.37. The van der Waals surface area contributed by atoms with Crippen LogP contribution in [0, 0.1) is 5.82 Å². The highest BCUT2D eigenvalue weighted by molar-refractivity contribution is 5.96. The zero-order valence-electron chi connectivity index (χ0n) is 8.00. The summed E-state index contributed by atoms with van der Waals surface area (Å²) in [6, 6.07) is 3.38. The number of fused-ring (bicyclic) bond motifs is 1. The van der Waals surface area contributed by atoms with Crippen LogP contribution in [0.25, 0.3) is 0 Å². The predicted molar refractivity (Wildman–Crippen MR) is 53.1 cm³/mol. The summed E-state index contributed by atoms with van der Waals surface area (Å²) in [5, 5.41) is 2.52. The third kappa shape index (κ3) is 2.07. The van der Waals surface area contributed by atoms with Gasteiger partial charge in [-0.2, -0.15) is 0 Å². The minimum atomic E-state index is -0.610. The van der Waals surface area contributed by atoms with Gasteiger partial charge in [-0.1, -0.05) is 0 Å². The fourth-order valence-electron chi connectivity index (χ4n) is 1.38. The average molecular weight is 210 g/mol. The molecule has 1 aliphatic heterocycles. The molecule has 80 valence electrons. The van der Waals surface area contributed by atoms with Gasteiger partial charge in [-0.05, 0) is 12.1 Å². The molecule has 1 unspecified atom stereocenters. The number of ether oxygens (including phenoxy) is 1. The largest absolute Gasteiger partial charge is 0.491 e. The lowest BCUT2D eigenvalue weighted by Crippen LogP contribution is -2.38.